The number of ether oxygens (including phenoxy) is 1. The minimum absolute atomic E-state index is 0.199. The standard InChI is InChI=1S/C18H20ClFN4O2/c1-4-26-18(25)14-10(2)22-16(17-21-7-8-24(17)3)23-15(14)12-6-5-11(20)9-13(12)19/h5-9,15,17,21H,4H2,1-3H3,(H,22,23). The number of esters is 1. The molecular weight excluding hydrogens is 359 g/mol. The van der Waals surface area contributed by atoms with Crippen molar-refractivity contribution < 1.29 is 13.9 Å². The number of benzene rings is 1. The average molecular weight is 379 g/mol. The Hall–Kier alpha value is -2.54. The molecule has 6 nitrogen and oxygen atoms in total. The Bertz CT molecular complexity index is 821. The summed E-state index contributed by atoms with van der Waals surface area (Å²) in [5.74, 6) is -0.290. The first-order valence-electron chi connectivity index (χ1n) is 8.24. The van der Waals surface area contributed by atoms with Crippen LogP contribution in [0.4, 0.5) is 4.39 Å². The maximum absolute atomic E-state index is 13.5. The van der Waals surface area contributed by atoms with Gasteiger partial charge in [-0.05, 0) is 26.0 Å². The quantitative estimate of drug-likeness (QED) is 0.788. The van der Waals surface area contributed by atoms with Crippen LogP contribution in [0, 0.1) is 5.82 Å². The molecule has 0 aromatic heterocycles. The third kappa shape index (κ3) is 3.39. The zero-order valence-corrected chi connectivity index (χ0v) is 15.5. The van der Waals surface area contributed by atoms with Crippen LogP contribution >= 0.6 is 11.6 Å². The van der Waals surface area contributed by atoms with Crippen LogP contribution in [-0.2, 0) is 9.53 Å². The summed E-state index contributed by atoms with van der Waals surface area (Å²) in [5.41, 5.74) is 1.53. The second-order valence-electron chi connectivity index (χ2n) is 6.02. The van der Waals surface area contributed by atoms with E-state index in [0.29, 0.717) is 22.7 Å². The van der Waals surface area contributed by atoms with Crippen molar-refractivity contribution in [1.82, 2.24) is 15.5 Å². The summed E-state index contributed by atoms with van der Waals surface area (Å²) in [6.07, 6.45) is 3.50. The topological polar surface area (TPSA) is 66.0 Å². The monoisotopic (exact) mass is 378 g/mol. The fourth-order valence-electron chi connectivity index (χ4n) is 2.99. The van der Waals surface area contributed by atoms with Crippen LogP contribution in [-0.4, -0.2) is 36.5 Å². The van der Waals surface area contributed by atoms with Crippen molar-refractivity contribution >= 4 is 23.4 Å². The van der Waals surface area contributed by atoms with Crippen molar-refractivity contribution in [3.05, 3.63) is 58.3 Å². The Morgan fingerprint density at radius 3 is 2.85 bits per heavy atom. The maximum atomic E-state index is 13.5. The molecule has 2 aliphatic rings. The Morgan fingerprint density at radius 2 is 2.23 bits per heavy atom. The number of nitrogens with one attached hydrogen (secondary N) is 2. The van der Waals surface area contributed by atoms with Crippen molar-refractivity contribution in [2.45, 2.75) is 26.1 Å². The Kier molecular flexibility index (Phi) is 5.18. The fraction of sp³-hybridized carbons (Fsp3) is 0.333. The second kappa shape index (κ2) is 7.37. The first-order valence-corrected chi connectivity index (χ1v) is 8.62. The highest BCUT2D eigenvalue weighted by molar-refractivity contribution is 6.31. The van der Waals surface area contributed by atoms with E-state index < -0.39 is 17.8 Å². The molecule has 0 aliphatic carbocycles. The predicted molar refractivity (Wildman–Crippen MR) is 97.9 cm³/mol. The van der Waals surface area contributed by atoms with Crippen LogP contribution < -0.4 is 10.6 Å². The molecule has 2 atom stereocenters. The normalized spacial score (nSPS) is 22.0. The van der Waals surface area contributed by atoms with E-state index in [1.165, 1.54) is 12.1 Å². The van der Waals surface area contributed by atoms with Gasteiger partial charge in [0, 0.05) is 35.7 Å². The summed E-state index contributed by atoms with van der Waals surface area (Å²) in [7, 11) is 1.91. The lowest BCUT2D eigenvalue weighted by molar-refractivity contribution is -0.138. The highest BCUT2D eigenvalue weighted by atomic mass is 35.5. The zero-order valence-electron chi connectivity index (χ0n) is 14.7. The molecule has 2 unspecified atom stereocenters. The van der Waals surface area contributed by atoms with Gasteiger partial charge in [-0.25, -0.2) is 9.18 Å². The lowest BCUT2D eigenvalue weighted by Gasteiger charge is -2.31. The van der Waals surface area contributed by atoms with Crippen LogP contribution in [0.1, 0.15) is 25.5 Å². The SMILES string of the molecule is CCOC(=O)C1=C(C)NC(C2NC=CN2C)=NC1c1ccc(F)cc1Cl. The third-order valence-corrected chi connectivity index (χ3v) is 4.57. The highest BCUT2D eigenvalue weighted by Gasteiger charge is 2.34. The summed E-state index contributed by atoms with van der Waals surface area (Å²) < 4.78 is 18.7. The molecule has 0 saturated heterocycles. The Balaban J connectivity index is 2.06. The van der Waals surface area contributed by atoms with Crippen LogP contribution in [0.15, 0.2) is 46.9 Å². The van der Waals surface area contributed by atoms with Crippen LogP contribution in [0.3, 0.4) is 0 Å². The molecular formula is C18H20ClFN4O2. The van der Waals surface area contributed by atoms with Gasteiger partial charge in [0.1, 0.15) is 17.7 Å². The molecule has 2 aliphatic heterocycles. The number of carbonyl (C=O) groups is 1. The van der Waals surface area contributed by atoms with Gasteiger partial charge in [-0.1, -0.05) is 17.7 Å². The molecule has 0 bridgehead atoms. The molecule has 0 saturated carbocycles. The predicted octanol–water partition coefficient (Wildman–Crippen LogP) is 2.69. The fourth-order valence-corrected chi connectivity index (χ4v) is 3.26. The number of nitrogens with zero attached hydrogens (tertiary/aromatic N) is 2. The molecule has 8 heteroatoms. The van der Waals surface area contributed by atoms with Gasteiger partial charge in [-0.2, -0.15) is 0 Å². The molecule has 0 radical (unpaired) electrons. The lowest BCUT2D eigenvalue weighted by Crippen LogP contribution is -2.49. The second-order valence-corrected chi connectivity index (χ2v) is 6.42. The lowest BCUT2D eigenvalue weighted by atomic mass is 9.95. The summed E-state index contributed by atoms with van der Waals surface area (Å²) in [6, 6.07) is 3.38. The largest absolute Gasteiger partial charge is 0.463 e. The van der Waals surface area contributed by atoms with Gasteiger partial charge in [0.25, 0.3) is 0 Å². The van der Waals surface area contributed by atoms with Gasteiger partial charge in [0.15, 0.2) is 6.17 Å². The van der Waals surface area contributed by atoms with Crippen molar-refractivity contribution in [1.29, 1.82) is 0 Å². The Labute approximate surface area is 156 Å². The molecule has 26 heavy (non-hydrogen) atoms. The van der Waals surface area contributed by atoms with Gasteiger partial charge in [-0.15, -0.1) is 0 Å². The van der Waals surface area contributed by atoms with E-state index in [0.717, 1.165) is 0 Å². The van der Waals surface area contributed by atoms with Crippen LogP contribution in [0.5, 0.6) is 0 Å². The number of hydrogen-bond donors (Lipinski definition) is 2. The zero-order chi connectivity index (χ0) is 18.8. The van der Waals surface area contributed by atoms with E-state index in [9.17, 15) is 9.18 Å². The maximum Gasteiger partial charge on any atom is 0.338 e. The van der Waals surface area contributed by atoms with E-state index in [2.05, 4.69) is 10.6 Å². The summed E-state index contributed by atoms with van der Waals surface area (Å²) in [4.78, 5) is 19.2. The number of rotatable bonds is 4. The molecule has 0 spiro atoms. The van der Waals surface area contributed by atoms with E-state index in [4.69, 9.17) is 21.3 Å². The van der Waals surface area contributed by atoms with Gasteiger partial charge in [0.05, 0.1) is 12.2 Å². The first kappa shape index (κ1) is 18.3. The molecule has 0 amide bonds. The number of likely N-dealkylation sites (N-methyl/N-ethyl adjacent to an activating group) is 1. The van der Waals surface area contributed by atoms with E-state index in [1.807, 2.05) is 24.3 Å². The molecule has 2 heterocycles. The number of allylic oxidation sites excluding steroid dienone is 1. The summed E-state index contributed by atoms with van der Waals surface area (Å²) in [6.45, 7) is 3.77. The molecule has 1 aromatic rings. The first-order chi connectivity index (χ1) is 12.4. The van der Waals surface area contributed by atoms with Gasteiger partial charge >= 0.3 is 5.97 Å². The summed E-state index contributed by atoms with van der Waals surface area (Å²) >= 11 is 6.25. The van der Waals surface area contributed by atoms with Crippen LogP contribution in [0.25, 0.3) is 0 Å². The van der Waals surface area contributed by atoms with E-state index >= 15 is 0 Å². The number of aliphatic imine (C=N–C) groups is 1. The van der Waals surface area contributed by atoms with Crippen molar-refractivity contribution in [3.8, 4) is 0 Å². The average Bonchev–Trinajstić information content (AvgIpc) is 3.00. The molecule has 138 valence electrons. The van der Waals surface area contributed by atoms with Crippen molar-refractivity contribution in [3.63, 3.8) is 0 Å². The van der Waals surface area contributed by atoms with E-state index in [-0.39, 0.29) is 17.8 Å². The smallest absolute Gasteiger partial charge is 0.338 e. The molecule has 1 aromatic carbocycles. The number of hydrogen-bond acceptors (Lipinski definition) is 6. The Morgan fingerprint density at radius 1 is 1.46 bits per heavy atom. The molecule has 3 rings (SSSR count). The third-order valence-electron chi connectivity index (χ3n) is 4.24. The number of carbonyl (C=O) groups excluding carboxylic acids is 1. The van der Waals surface area contributed by atoms with E-state index in [1.54, 1.807) is 19.9 Å². The van der Waals surface area contributed by atoms with Gasteiger partial charge < -0.3 is 20.3 Å². The van der Waals surface area contributed by atoms with Crippen molar-refractivity contribution in [2.24, 2.45) is 4.99 Å². The highest BCUT2D eigenvalue weighted by Crippen LogP contribution is 2.36. The number of amidine groups is 1. The number of halogens is 2. The molecule has 2 N–H and O–H groups in total. The van der Waals surface area contributed by atoms with Crippen molar-refractivity contribution in [2.75, 3.05) is 13.7 Å². The summed E-state index contributed by atoms with van der Waals surface area (Å²) in [5, 5.41) is 6.57. The van der Waals surface area contributed by atoms with Gasteiger partial charge in [0.2, 0.25) is 0 Å². The van der Waals surface area contributed by atoms with Crippen LogP contribution in [0.2, 0.25) is 5.02 Å². The minimum Gasteiger partial charge on any atom is -0.463 e. The molecule has 0 fully saturated rings. The van der Waals surface area contributed by atoms with Gasteiger partial charge in [-0.3, -0.25) is 4.99 Å². The minimum atomic E-state index is -0.686.